The third-order valence-electron chi connectivity index (χ3n) is 2.18. The molecule has 0 fully saturated rings. The molecule has 2 heteroatoms. The van der Waals surface area contributed by atoms with Gasteiger partial charge in [0.25, 0.3) is 0 Å². The summed E-state index contributed by atoms with van der Waals surface area (Å²) < 4.78 is 0. The molecule has 0 bridgehead atoms. The molecule has 10 heavy (non-hydrogen) atoms. The molecule has 3 N–H and O–H groups in total. The van der Waals surface area contributed by atoms with Crippen LogP contribution in [0.15, 0.2) is 0 Å². The summed E-state index contributed by atoms with van der Waals surface area (Å²) in [7, 11) is 0. The highest BCUT2D eigenvalue weighted by Gasteiger charge is 2.25. The Labute approximate surface area is 63.4 Å². The van der Waals surface area contributed by atoms with Crippen LogP contribution in [0.5, 0.6) is 0 Å². The highest BCUT2D eigenvalue weighted by atomic mass is 16.3. The van der Waals surface area contributed by atoms with E-state index in [2.05, 4.69) is 20.8 Å². The van der Waals surface area contributed by atoms with E-state index in [0.717, 1.165) is 0 Å². The molecule has 0 radical (unpaired) electrons. The quantitative estimate of drug-likeness (QED) is 0.608. The average molecular weight is 145 g/mol. The summed E-state index contributed by atoms with van der Waals surface area (Å²) in [6, 6.07) is 0. The molecular weight excluding hydrogens is 126 g/mol. The number of aliphatic hydroxyl groups is 1. The molecule has 0 amide bonds. The second-order valence-corrected chi connectivity index (χ2v) is 3.96. The van der Waals surface area contributed by atoms with E-state index in [4.69, 9.17) is 5.73 Å². The van der Waals surface area contributed by atoms with E-state index in [9.17, 15) is 5.11 Å². The predicted molar refractivity (Wildman–Crippen MR) is 43.7 cm³/mol. The van der Waals surface area contributed by atoms with E-state index in [1.54, 1.807) is 0 Å². The third kappa shape index (κ3) is 2.67. The van der Waals surface area contributed by atoms with Crippen molar-refractivity contribution in [3.63, 3.8) is 0 Å². The lowest BCUT2D eigenvalue weighted by Crippen LogP contribution is -2.35. The highest BCUT2D eigenvalue weighted by Crippen LogP contribution is 2.27. The van der Waals surface area contributed by atoms with E-state index in [1.165, 1.54) is 0 Å². The fourth-order valence-corrected chi connectivity index (χ4v) is 0.781. The summed E-state index contributed by atoms with van der Waals surface area (Å²) in [5.41, 5.74) is 5.47. The zero-order valence-corrected chi connectivity index (χ0v) is 7.39. The van der Waals surface area contributed by atoms with E-state index in [-0.39, 0.29) is 17.4 Å². The summed E-state index contributed by atoms with van der Waals surface area (Å²) in [5.74, 6) is 0.262. The molecule has 0 unspecified atom stereocenters. The van der Waals surface area contributed by atoms with Gasteiger partial charge in [-0.15, -0.1) is 0 Å². The summed E-state index contributed by atoms with van der Waals surface area (Å²) in [6.45, 7) is 8.71. The van der Waals surface area contributed by atoms with Gasteiger partial charge < -0.3 is 10.8 Å². The molecule has 0 aromatic heterocycles. The van der Waals surface area contributed by atoms with Gasteiger partial charge in [0.2, 0.25) is 0 Å². The third-order valence-corrected chi connectivity index (χ3v) is 2.18. The molecule has 62 valence electrons. The Morgan fingerprint density at radius 3 is 1.90 bits per heavy atom. The van der Waals surface area contributed by atoms with Crippen LogP contribution in [0.1, 0.15) is 27.7 Å². The Morgan fingerprint density at radius 1 is 1.40 bits per heavy atom. The summed E-state index contributed by atoms with van der Waals surface area (Å²) in [5, 5.41) is 9.34. The molecule has 0 saturated carbocycles. The van der Waals surface area contributed by atoms with Crippen molar-refractivity contribution in [1.82, 2.24) is 0 Å². The summed E-state index contributed by atoms with van der Waals surface area (Å²) in [4.78, 5) is 0. The van der Waals surface area contributed by atoms with Gasteiger partial charge in [0.05, 0.1) is 6.10 Å². The minimum atomic E-state index is -0.361. The molecule has 0 aromatic rings. The van der Waals surface area contributed by atoms with Gasteiger partial charge in [0, 0.05) is 6.54 Å². The number of rotatable bonds is 2. The van der Waals surface area contributed by atoms with Crippen molar-refractivity contribution in [2.45, 2.75) is 33.8 Å². The Morgan fingerprint density at radius 2 is 1.80 bits per heavy atom. The first-order valence-corrected chi connectivity index (χ1v) is 3.77. The first-order chi connectivity index (χ1) is 4.39. The van der Waals surface area contributed by atoms with Crippen LogP contribution in [-0.4, -0.2) is 17.8 Å². The van der Waals surface area contributed by atoms with Crippen molar-refractivity contribution >= 4 is 0 Å². The van der Waals surface area contributed by atoms with Crippen molar-refractivity contribution < 1.29 is 5.11 Å². The van der Waals surface area contributed by atoms with Crippen molar-refractivity contribution in [3.05, 3.63) is 0 Å². The minimum Gasteiger partial charge on any atom is -0.392 e. The minimum absolute atomic E-state index is 0.152. The van der Waals surface area contributed by atoms with Gasteiger partial charge in [-0.25, -0.2) is 0 Å². The zero-order valence-electron chi connectivity index (χ0n) is 7.39. The van der Waals surface area contributed by atoms with Crippen LogP contribution in [0, 0.1) is 11.3 Å². The highest BCUT2D eigenvalue weighted by molar-refractivity contribution is 4.76. The molecule has 0 spiro atoms. The number of hydrogen-bond acceptors (Lipinski definition) is 2. The Kier molecular flexibility index (Phi) is 3.33. The standard InChI is InChI=1S/C8H19NO/c1-6(7(10)5-9)8(2,3)4/h6-7,10H,5,9H2,1-4H3/t6-,7+/m1/s1. The topological polar surface area (TPSA) is 46.2 Å². The second kappa shape index (κ2) is 3.35. The average Bonchev–Trinajstić information content (AvgIpc) is 1.83. The summed E-state index contributed by atoms with van der Waals surface area (Å²) >= 11 is 0. The molecular formula is C8H19NO. The van der Waals surface area contributed by atoms with Crippen LogP contribution < -0.4 is 5.73 Å². The maximum absolute atomic E-state index is 9.34. The van der Waals surface area contributed by atoms with Crippen LogP contribution in [0.4, 0.5) is 0 Å². The lowest BCUT2D eigenvalue weighted by molar-refractivity contribution is 0.0608. The molecule has 0 aliphatic heterocycles. The molecule has 2 atom stereocenters. The van der Waals surface area contributed by atoms with Crippen LogP contribution in [-0.2, 0) is 0 Å². The van der Waals surface area contributed by atoms with Crippen molar-refractivity contribution in [1.29, 1.82) is 0 Å². The second-order valence-electron chi connectivity index (χ2n) is 3.96. The van der Waals surface area contributed by atoms with Crippen LogP contribution in [0.3, 0.4) is 0 Å². The van der Waals surface area contributed by atoms with Gasteiger partial charge in [-0.05, 0) is 11.3 Å². The normalized spacial score (nSPS) is 18.6. The fourth-order valence-electron chi connectivity index (χ4n) is 0.781. The molecule has 0 rings (SSSR count). The predicted octanol–water partition coefficient (Wildman–Crippen LogP) is 0.988. The smallest absolute Gasteiger partial charge is 0.0692 e. The van der Waals surface area contributed by atoms with E-state index in [0.29, 0.717) is 6.54 Å². The Hall–Kier alpha value is -0.0800. The van der Waals surface area contributed by atoms with Crippen LogP contribution >= 0.6 is 0 Å². The van der Waals surface area contributed by atoms with E-state index < -0.39 is 0 Å². The van der Waals surface area contributed by atoms with E-state index >= 15 is 0 Å². The van der Waals surface area contributed by atoms with Gasteiger partial charge >= 0.3 is 0 Å². The maximum atomic E-state index is 9.34. The maximum Gasteiger partial charge on any atom is 0.0692 e. The lowest BCUT2D eigenvalue weighted by atomic mass is 9.79. The monoisotopic (exact) mass is 145 g/mol. The van der Waals surface area contributed by atoms with E-state index in [1.807, 2.05) is 6.92 Å². The molecule has 0 heterocycles. The number of hydrogen-bond donors (Lipinski definition) is 2. The zero-order chi connectivity index (χ0) is 8.36. The summed E-state index contributed by atoms with van der Waals surface area (Å²) in [6.07, 6.45) is -0.361. The first kappa shape index (κ1) is 9.92. The van der Waals surface area contributed by atoms with Gasteiger partial charge in [-0.2, -0.15) is 0 Å². The van der Waals surface area contributed by atoms with Gasteiger partial charge in [0.15, 0.2) is 0 Å². The number of aliphatic hydroxyl groups excluding tert-OH is 1. The van der Waals surface area contributed by atoms with Crippen molar-refractivity contribution in [3.8, 4) is 0 Å². The van der Waals surface area contributed by atoms with Crippen molar-refractivity contribution in [2.75, 3.05) is 6.54 Å². The SMILES string of the molecule is C[C@H]([C@@H](O)CN)C(C)(C)C. The number of nitrogens with two attached hydrogens (primary N) is 1. The van der Waals surface area contributed by atoms with Crippen LogP contribution in [0.25, 0.3) is 0 Å². The van der Waals surface area contributed by atoms with Crippen LogP contribution in [0.2, 0.25) is 0 Å². The Bertz CT molecular complexity index is 95.9. The molecule has 0 aliphatic carbocycles. The molecule has 0 saturated heterocycles. The fraction of sp³-hybridized carbons (Fsp3) is 1.00. The first-order valence-electron chi connectivity index (χ1n) is 3.77. The Balaban J connectivity index is 3.94. The van der Waals surface area contributed by atoms with Gasteiger partial charge in [-0.3, -0.25) is 0 Å². The van der Waals surface area contributed by atoms with Gasteiger partial charge in [0.1, 0.15) is 0 Å². The molecule has 2 nitrogen and oxygen atoms in total. The lowest BCUT2D eigenvalue weighted by Gasteiger charge is -2.30. The molecule has 0 aromatic carbocycles. The largest absolute Gasteiger partial charge is 0.392 e. The van der Waals surface area contributed by atoms with Crippen molar-refractivity contribution in [2.24, 2.45) is 17.1 Å². The van der Waals surface area contributed by atoms with Gasteiger partial charge in [-0.1, -0.05) is 27.7 Å². The molecule has 0 aliphatic rings.